The van der Waals surface area contributed by atoms with Crippen molar-refractivity contribution in [3.63, 3.8) is 0 Å². The van der Waals surface area contributed by atoms with Crippen molar-refractivity contribution in [3.8, 4) is 0 Å². The SMILES string of the molecule is CCNC(C)(CCn1nc(CC)nc1CC)C(=O)OC. The first kappa shape index (κ1) is 16.6. The molecule has 1 rings (SSSR count). The molecule has 1 aromatic heterocycles. The van der Waals surface area contributed by atoms with Gasteiger partial charge in [-0.25, -0.2) is 9.67 Å². The lowest BCUT2D eigenvalue weighted by molar-refractivity contribution is -0.148. The molecule has 6 nitrogen and oxygen atoms in total. The van der Waals surface area contributed by atoms with Crippen LogP contribution in [0.15, 0.2) is 0 Å². The van der Waals surface area contributed by atoms with Gasteiger partial charge in [-0.1, -0.05) is 20.8 Å². The molecule has 0 aliphatic carbocycles. The highest BCUT2D eigenvalue weighted by Crippen LogP contribution is 2.14. The van der Waals surface area contributed by atoms with Crippen LogP contribution in [-0.4, -0.2) is 39.9 Å². The van der Waals surface area contributed by atoms with Gasteiger partial charge in [0.15, 0.2) is 5.82 Å². The maximum absolute atomic E-state index is 11.9. The molecule has 0 saturated carbocycles. The Balaban J connectivity index is 2.81. The Morgan fingerprint density at radius 2 is 2.05 bits per heavy atom. The molecule has 0 saturated heterocycles. The molecule has 0 spiro atoms. The number of rotatable bonds is 8. The molecule has 0 radical (unpaired) electrons. The van der Waals surface area contributed by atoms with Gasteiger partial charge in [0.2, 0.25) is 0 Å². The topological polar surface area (TPSA) is 69.0 Å². The Morgan fingerprint density at radius 1 is 1.35 bits per heavy atom. The van der Waals surface area contributed by atoms with Crippen LogP contribution >= 0.6 is 0 Å². The van der Waals surface area contributed by atoms with Crippen LogP contribution in [0.5, 0.6) is 0 Å². The van der Waals surface area contributed by atoms with Crippen LogP contribution in [0.2, 0.25) is 0 Å². The predicted octanol–water partition coefficient (Wildman–Crippen LogP) is 1.33. The highest BCUT2D eigenvalue weighted by Gasteiger charge is 2.33. The molecule has 1 aromatic rings. The molecule has 1 N–H and O–H groups in total. The number of nitrogens with zero attached hydrogens (tertiary/aromatic N) is 3. The van der Waals surface area contributed by atoms with Crippen LogP contribution in [0.4, 0.5) is 0 Å². The van der Waals surface area contributed by atoms with E-state index in [1.165, 1.54) is 7.11 Å². The van der Waals surface area contributed by atoms with Crippen molar-refractivity contribution < 1.29 is 9.53 Å². The normalized spacial score (nSPS) is 14.1. The second kappa shape index (κ2) is 7.38. The summed E-state index contributed by atoms with van der Waals surface area (Å²) >= 11 is 0. The second-order valence-corrected chi connectivity index (χ2v) is 4.98. The Labute approximate surface area is 120 Å². The first-order valence-electron chi connectivity index (χ1n) is 7.26. The largest absolute Gasteiger partial charge is 0.468 e. The summed E-state index contributed by atoms with van der Waals surface area (Å²) in [4.78, 5) is 16.4. The fraction of sp³-hybridized carbons (Fsp3) is 0.786. The smallest absolute Gasteiger partial charge is 0.325 e. The second-order valence-electron chi connectivity index (χ2n) is 4.98. The van der Waals surface area contributed by atoms with Crippen molar-refractivity contribution in [2.45, 2.75) is 59.0 Å². The summed E-state index contributed by atoms with van der Waals surface area (Å²) in [6, 6.07) is 0. The number of hydrogen-bond acceptors (Lipinski definition) is 5. The number of carbonyl (C=O) groups is 1. The molecule has 114 valence electrons. The first-order valence-corrected chi connectivity index (χ1v) is 7.26. The number of esters is 1. The van der Waals surface area contributed by atoms with E-state index in [1.807, 2.05) is 25.5 Å². The highest BCUT2D eigenvalue weighted by molar-refractivity contribution is 5.80. The molecule has 1 unspecified atom stereocenters. The number of ether oxygens (including phenoxy) is 1. The van der Waals surface area contributed by atoms with E-state index in [9.17, 15) is 4.79 Å². The summed E-state index contributed by atoms with van der Waals surface area (Å²) in [7, 11) is 1.42. The van der Waals surface area contributed by atoms with Crippen molar-refractivity contribution in [2.24, 2.45) is 0 Å². The van der Waals surface area contributed by atoms with E-state index < -0.39 is 5.54 Å². The van der Waals surface area contributed by atoms with Crippen molar-refractivity contribution in [2.75, 3.05) is 13.7 Å². The van der Waals surface area contributed by atoms with E-state index >= 15 is 0 Å². The molecule has 1 atom stereocenters. The minimum Gasteiger partial charge on any atom is -0.468 e. The zero-order chi connectivity index (χ0) is 15.2. The molecule has 20 heavy (non-hydrogen) atoms. The quantitative estimate of drug-likeness (QED) is 0.729. The van der Waals surface area contributed by atoms with Crippen LogP contribution in [0.1, 0.15) is 45.8 Å². The van der Waals surface area contributed by atoms with Crippen molar-refractivity contribution in [1.29, 1.82) is 0 Å². The van der Waals surface area contributed by atoms with Crippen molar-refractivity contribution >= 4 is 5.97 Å². The lowest BCUT2D eigenvalue weighted by atomic mass is 9.98. The Morgan fingerprint density at radius 3 is 2.55 bits per heavy atom. The minimum atomic E-state index is -0.688. The molecule has 0 aliphatic heterocycles. The number of methoxy groups -OCH3 is 1. The van der Waals surface area contributed by atoms with Gasteiger partial charge in [-0.05, 0) is 19.9 Å². The Hall–Kier alpha value is -1.43. The Kier molecular flexibility index (Phi) is 6.13. The van der Waals surface area contributed by atoms with Gasteiger partial charge in [0.25, 0.3) is 0 Å². The van der Waals surface area contributed by atoms with Gasteiger partial charge in [-0.3, -0.25) is 4.79 Å². The maximum Gasteiger partial charge on any atom is 0.325 e. The van der Waals surface area contributed by atoms with Gasteiger partial charge in [0.1, 0.15) is 11.4 Å². The summed E-state index contributed by atoms with van der Waals surface area (Å²) in [5.41, 5.74) is -0.688. The van der Waals surface area contributed by atoms with Gasteiger partial charge < -0.3 is 10.1 Å². The molecular formula is C14H26N4O2. The number of aryl methyl sites for hydroxylation is 3. The summed E-state index contributed by atoms with van der Waals surface area (Å²) in [5, 5.41) is 7.68. The average Bonchev–Trinajstić information content (AvgIpc) is 2.87. The summed E-state index contributed by atoms with van der Waals surface area (Å²) in [6.07, 6.45) is 2.28. The number of nitrogens with one attached hydrogen (secondary N) is 1. The number of hydrogen-bond donors (Lipinski definition) is 1. The van der Waals surface area contributed by atoms with Crippen LogP contribution in [0, 0.1) is 0 Å². The van der Waals surface area contributed by atoms with Gasteiger partial charge in [0.05, 0.1) is 7.11 Å². The molecule has 0 amide bonds. The molecule has 0 aliphatic rings. The fourth-order valence-electron chi connectivity index (χ4n) is 2.22. The third-order valence-corrected chi connectivity index (χ3v) is 3.45. The first-order chi connectivity index (χ1) is 9.50. The number of aromatic nitrogens is 3. The lowest BCUT2D eigenvalue weighted by Crippen LogP contribution is -2.50. The molecule has 1 heterocycles. The number of likely N-dealkylation sites (N-methyl/N-ethyl adjacent to an activating group) is 1. The van der Waals surface area contributed by atoms with E-state index in [-0.39, 0.29) is 5.97 Å². The molecule has 0 aromatic carbocycles. The monoisotopic (exact) mass is 282 g/mol. The van der Waals surface area contributed by atoms with Gasteiger partial charge in [-0.15, -0.1) is 0 Å². The zero-order valence-corrected chi connectivity index (χ0v) is 13.2. The van der Waals surface area contributed by atoms with Crippen molar-refractivity contribution in [3.05, 3.63) is 11.6 Å². The Bertz CT molecular complexity index is 444. The van der Waals surface area contributed by atoms with E-state index in [1.54, 1.807) is 0 Å². The van der Waals surface area contributed by atoms with E-state index in [2.05, 4.69) is 22.3 Å². The van der Waals surface area contributed by atoms with Gasteiger partial charge in [0, 0.05) is 19.4 Å². The third-order valence-electron chi connectivity index (χ3n) is 3.45. The maximum atomic E-state index is 11.9. The standard InChI is InChI=1S/C14H26N4O2/c1-6-11-16-12(7-2)18(17-11)10-9-14(4,15-8-3)13(19)20-5/h15H,6-10H2,1-5H3. The summed E-state index contributed by atoms with van der Waals surface area (Å²) in [5.74, 6) is 1.57. The van der Waals surface area contributed by atoms with Crippen LogP contribution in [0.3, 0.4) is 0 Å². The van der Waals surface area contributed by atoms with Crippen LogP contribution in [-0.2, 0) is 28.9 Å². The number of carbonyl (C=O) groups excluding carboxylic acids is 1. The zero-order valence-electron chi connectivity index (χ0n) is 13.2. The van der Waals surface area contributed by atoms with E-state index in [4.69, 9.17) is 4.74 Å². The summed E-state index contributed by atoms with van der Waals surface area (Å²) in [6.45, 7) is 9.30. The fourth-order valence-corrected chi connectivity index (χ4v) is 2.22. The van der Waals surface area contributed by atoms with E-state index in [0.717, 1.165) is 24.5 Å². The average molecular weight is 282 g/mol. The van der Waals surface area contributed by atoms with Crippen LogP contribution < -0.4 is 5.32 Å². The molecule has 0 bridgehead atoms. The third kappa shape index (κ3) is 3.79. The highest BCUT2D eigenvalue weighted by atomic mass is 16.5. The summed E-state index contributed by atoms with van der Waals surface area (Å²) < 4.78 is 6.79. The van der Waals surface area contributed by atoms with Gasteiger partial charge in [-0.2, -0.15) is 5.10 Å². The van der Waals surface area contributed by atoms with Gasteiger partial charge >= 0.3 is 5.97 Å². The van der Waals surface area contributed by atoms with E-state index in [0.29, 0.717) is 19.5 Å². The van der Waals surface area contributed by atoms with Crippen molar-refractivity contribution in [1.82, 2.24) is 20.1 Å². The molecule has 0 fully saturated rings. The lowest BCUT2D eigenvalue weighted by Gasteiger charge is -2.27. The van der Waals surface area contributed by atoms with Crippen LogP contribution in [0.25, 0.3) is 0 Å². The molecule has 6 heteroatoms. The minimum absolute atomic E-state index is 0.242. The predicted molar refractivity (Wildman–Crippen MR) is 77.5 cm³/mol. The molecular weight excluding hydrogens is 256 g/mol.